The first-order chi connectivity index (χ1) is 7.57. The van der Waals surface area contributed by atoms with E-state index in [0.717, 1.165) is 12.0 Å². The van der Waals surface area contributed by atoms with Crippen molar-refractivity contribution in [2.45, 2.75) is 27.7 Å². The Morgan fingerprint density at radius 1 is 1.12 bits per heavy atom. The largest absolute Gasteiger partial charge is 0.402 e. The first kappa shape index (κ1) is 16.7. The van der Waals surface area contributed by atoms with Crippen molar-refractivity contribution >= 4 is 12.0 Å². The molecule has 0 saturated heterocycles. The molecule has 0 aromatic heterocycles. The predicted molar refractivity (Wildman–Crippen MR) is 70.8 cm³/mol. The summed E-state index contributed by atoms with van der Waals surface area (Å²) in [6.45, 7) is 7.38. The second kappa shape index (κ2) is 11.3. The number of rotatable bonds is 1. The molecule has 0 aliphatic heterocycles. The van der Waals surface area contributed by atoms with Gasteiger partial charge in [0.05, 0.1) is 0 Å². The maximum absolute atomic E-state index is 9.81. The monoisotopic (exact) mass is 222 g/mol. The molecule has 0 saturated carbocycles. The summed E-state index contributed by atoms with van der Waals surface area (Å²) in [6, 6.07) is 9.49. The molecular formula is C13H22N2O. The van der Waals surface area contributed by atoms with Crippen molar-refractivity contribution in [3.05, 3.63) is 41.6 Å². The lowest BCUT2D eigenvalue weighted by Gasteiger charge is -1.87. The maximum Gasteiger partial charge on any atom is 0.147 e. The SMILES string of the molecule is C/C(N)=C(\C)C=O.CC.Nc1ccccc1. The van der Waals surface area contributed by atoms with Crippen LogP contribution in [0.15, 0.2) is 41.6 Å². The summed E-state index contributed by atoms with van der Waals surface area (Å²) >= 11 is 0. The number of para-hydroxylation sites is 1. The smallest absolute Gasteiger partial charge is 0.147 e. The number of nitrogen functional groups attached to an aromatic ring is 1. The van der Waals surface area contributed by atoms with Crippen LogP contribution in [0.1, 0.15) is 27.7 Å². The molecule has 3 nitrogen and oxygen atoms in total. The van der Waals surface area contributed by atoms with E-state index in [4.69, 9.17) is 11.5 Å². The molecule has 0 radical (unpaired) electrons. The average molecular weight is 222 g/mol. The molecular weight excluding hydrogens is 200 g/mol. The van der Waals surface area contributed by atoms with Crippen LogP contribution in [-0.4, -0.2) is 6.29 Å². The van der Waals surface area contributed by atoms with Gasteiger partial charge in [0.2, 0.25) is 0 Å². The minimum atomic E-state index is 0.593. The molecule has 0 heterocycles. The molecule has 0 aliphatic rings. The zero-order chi connectivity index (χ0) is 13.0. The summed E-state index contributed by atoms with van der Waals surface area (Å²) in [7, 11) is 0. The average Bonchev–Trinajstić information content (AvgIpc) is 2.32. The minimum Gasteiger partial charge on any atom is -0.402 e. The molecule has 0 amide bonds. The number of allylic oxidation sites excluding steroid dienone is 2. The third kappa shape index (κ3) is 10.3. The molecule has 90 valence electrons. The van der Waals surface area contributed by atoms with Gasteiger partial charge in [0.25, 0.3) is 0 Å². The molecule has 0 fully saturated rings. The number of aldehydes is 1. The summed E-state index contributed by atoms with van der Waals surface area (Å²) in [5, 5.41) is 0. The number of benzene rings is 1. The van der Waals surface area contributed by atoms with E-state index in [1.807, 2.05) is 44.2 Å². The van der Waals surface area contributed by atoms with E-state index in [-0.39, 0.29) is 0 Å². The van der Waals surface area contributed by atoms with Crippen molar-refractivity contribution in [2.75, 3.05) is 5.73 Å². The summed E-state index contributed by atoms with van der Waals surface area (Å²) < 4.78 is 0. The summed E-state index contributed by atoms with van der Waals surface area (Å²) in [4.78, 5) is 9.81. The van der Waals surface area contributed by atoms with Gasteiger partial charge in [0.15, 0.2) is 0 Å². The summed E-state index contributed by atoms with van der Waals surface area (Å²) in [5.41, 5.74) is 12.6. The second-order valence-corrected chi connectivity index (χ2v) is 2.89. The molecule has 1 aromatic carbocycles. The molecule has 0 aliphatic carbocycles. The molecule has 0 spiro atoms. The van der Waals surface area contributed by atoms with Gasteiger partial charge in [-0.3, -0.25) is 4.79 Å². The van der Waals surface area contributed by atoms with Gasteiger partial charge in [0.1, 0.15) is 6.29 Å². The third-order valence-electron chi connectivity index (χ3n) is 1.60. The van der Waals surface area contributed by atoms with Crippen molar-refractivity contribution in [2.24, 2.45) is 5.73 Å². The lowest BCUT2D eigenvalue weighted by Crippen LogP contribution is -1.95. The first-order valence-corrected chi connectivity index (χ1v) is 5.26. The molecule has 0 bridgehead atoms. The quantitative estimate of drug-likeness (QED) is 0.436. The van der Waals surface area contributed by atoms with E-state index in [9.17, 15) is 4.79 Å². The van der Waals surface area contributed by atoms with Crippen molar-refractivity contribution in [3.8, 4) is 0 Å². The number of carbonyl (C=O) groups is 1. The van der Waals surface area contributed by atoms with E-state index >= 15 is 0 Å². The minimum absolute atomic E-state index is 0.593. The van der Waals surface area contributed by atoms with Crippen molar-refractivity contribution in [1.29, 1.82) is 0 Å². The molecule has 0 unspecified atom stereocenters. The highest BCUT2D eigenvalue weighted by Crippen LogP contribution is 1.95. The molecule has 1 rings (SSSR count). The van der Waals surface area contributed by atoms with Gasteiger partial charge in [-0.05, 0) is 26.0 Å². The number of nitrogens with two attached hydrogens (primary N) is 2. The van der Waals surface area contributed by atoms with Crippen LogP contribution in [0.4, 0.5) is 5.69 Å². The van der Waals surface area contributed by atoms with E-state index in [1.54, 1.807) is 13.8 Å². The fraction of sp³-hybridized carbons (Fsp3) is 0.308. The van der Waals surface area contributed by atoms with Crippen LogP contribution in [0, 0.1) is 0 Å². The van der Waals surface area contributed by atoms with Crippen LogP contribution in [-0.2, 0) is 4.79 Å². The highest BCUT2D eigenvalue weighted by atomic mass is 16.1. The van der Waals surface area contributed by atoms with E-state index in [2.05, 4.69) is 0 Å². The Morgan fingerprint density at radius 2 is 1.56 bits per heavy atom. The standard InChI is InChI=1S/C6H7N.C5H9NO.C2H6/c7-6-4-2-1-3-5-6;1-4(3-7)5(2)6;1-2/h1-5H,7H2;3H,6H2,1-2H3;1-2H3/b;5-4-;. The number of hydrogen-bond donors (Lipinski definition) is 2. The molecule has 3 heteroatoms. The van der Waals surface area contributed by atoms with Crippen LogP contribution in [0.25, 0.3) is 0 Å². The van der Waals surface area contributed by atoms with Gasteiger partial charge in [-0.15, -0.1) is 0 Å². The fourth-order valence-corrected chi connectivity index (χ4v) is 0.546. The second-order valence-electron chi connectivity index (χ2n) is 2.89. The lowest BCUT2D eigenvalue weighted by molar-refractivity contribution is -0.104. The van der Waals surface area contributed by atoms with Gasteiger partial charge in [-0.25, -0.2) is 0 Å². The summed E-state index contributed by atoms with van der Waals surface area (Å²) in [5.74, 6) is 0. The number of anilines is 1. The van der Waals surface area contributed by atoms with E-state index < -0.39 is 0 Å². The Morgan fingerprint density at radius 3 is 1.69 bits per heavy atom. The Hall–Kier alpha value is -1.77. The van der Waals surface area contributed by atoms with Crippen LogP contribution in [0.2, 0.25) is 0 Å². The highest BCUT2D eigenvalue weighted by molar-refractivity contribution is 5.72. The topological polar surface area (TPSA) is 69.1 Å². The Bertz CT molecular complexity index is 301. The highest BCUT2D eigenvalue weighted by Gasteiger charge is 1.84. The Kier molecular flexibility index (Phi) is 11.8. The zero-order valence-electron chi connectivity index (χ0n) is 10.5. The van der Waals surface area contributed by atoms with Crippen LogP contribution in [0.5, 0.6) is 0 Å². The number of carbonyl (C=O) groups excluding carboxylic acids is 1. The van der Waals surface area contributed by atoms with Crippen LogP contribution < -0.4 is 11.5 Å². The zero-order valence-corrected chi connectivity index (χ0v) is 10.5. The molecule has 16 heavy (non-hydrogen) atoms. The van der Waals surface area contributed by atoms with Gasteiger partial charge in [-0.1, -0.05) is 32.0 Å². The number of hydrogen-bond acceptors (Lipinski definition) is 3. The fourth-order valence-electron chi connectivity index (χ4n) is 0.546. The van der Waals surface area contributed by atoms with Crippen LogP contribution in [0.3, 0.4) is 0 Å². The molecule has 0 atom stereocenters. The van der Waals surface area contributed by atoms with Gasteiger partial charge in [-0.2, -0.15) is 0 Å². The Labute approximate surface area is 98.1 Å². The molecule has 4 N–H and O–H groups in total. The predicted octanol–water partition coefficient (Wildman–Crippen LogP) is 2.73. The van der Waals surface area contributed by atoms with Crippen molar-refractivity contribution in [3.63, 3.8) is 0 Å². The van der Waals surface area contributed by atoms with Crippen molar-refractivity contribution in [1.82, 2.24) is 0 Å². The Balaban J connectivity index is 0. The first-order valence-electron chi connectivity index (χ1n) is 5.26. The van der Waals surface area contributed by atoms with E-state index in [1.165, 1.54) is 0 Å². The van der Waals surface area contributed by atoms with Crippen LogP contribution >= 0.6 is 0 Å². The third-order valence-corrected chi connectivity index (χ3v) is 1.60. The van der Waals surface area contributed by atoms with Gasteiger partial charge >= 0.3 is 0 Å². The summed E-state index contributed by atoms with van der Waals surface area (Å²) in [6.07, 6.45) is 0.745. The molecule has 1 aromatic rings. The van der Waals surface area contributed by atoms with Gasteiger partial charge < -0.3 is 11.5 Å². The van der Waals surface area contributed by atoms with Crippen molar-refractivity contribution < 1.29 is 4.79 Å². The normalized spacial score (nSPS) is 9.75. The maximum atomic E-state index is 9.81. The lowest BCUT2D eigenvalue weighted by atomic mass is 10.3. The van der Waals surface area contributed by atoms with Gasteiger partial charge in [0, 0.05) is 17.0 Å². The van der Waals surface area contributed by atoms with E-state index in [0.29, 0.717) is 11.3 Å².